The van der Waals surface area contributed by atoms with E-state index in [1.165, 1.54) is 5.57 Å². The second kappa shape index (κ2) is 6.41. The first-order chi connectivity index (χ1) is 9.15. The topological polar surface area (TPSA) is 35.5 Å². The van der Waals surface area contributed by atoms with E-state index in [-0.39, 0.29) is 6.10 Å². The number of rotatable bonds is 3. The van der Waals surface area contributed by atoms with E-state index in [1.807, 2.05) is 25.1 Å². The molecular weight excluding hydrogens is 240 g/mol. The summed E-state index contributed by atoms with van der Waals surface area (Å²) in [5, 5.41) is 0. The van der Waals surface area contributed by atoms with Crippen molar-refractivity contribution in [2.24, 2.45) is 5.92 Å². The third kappa shape index (κ3) is 4.12. The third-order valence-corrected chi connectivity index (χ3v) is 3.45. The quantitative estimate of drug-likeness (QED) is 0.461. The average molecular weight is 260 g/mol. The van der Waals surface area contributed by atoms with Crippen LogP contribution in [0.15, 0.2) is 42.0 Å². The van der Waals surface area contributed by atoms with Crippen LogP contribution < -0.4 is 4.74 Å². The van der Waals surface area contributed by atoms with Crippen LogP contribution in [0.5, 0.6) is 5.75 Å². The summed E-state index contributed by atoms with van der Waals surface area (Å²) in [6, 6.07) is 8.96. The molecule has 0 spiro atoms. The number of benzene rings is 1. The van der Waals surface area contributed by atoms with Crippen LogP contribution in [-0.4, -0.2) is 12.3 Å². The zero-order chi connectivity index (χ0) is 13.7. The molecule has 0 heterocycles. The third-order valence-electron chi connectivity index (χ3n) is 3.45. The minimum absolute atomic E-state index is 0.205. The number of hydrogen-bond acceptors (Lipinski definition) is 3. The lowest BCUT2D eigenvalue weighted by molar-refractivity contribution is 0.0765. The summed E-state index contributed by atoms with van der Waals surface area (Å²) in [5.41, 5.74) is 1.20. The zero-order valence-corrected chi connectivity index (χ0v) is 11.5. The second-order valence-corrected chi connectivity index (χ2v) is 5.08. The van der Waals surface area contributed by atoms with Crippen molar-refractivity contribution < 1.29 is 14.3 Å². The molecule has 2 unspecified atom stereocenters. The summed E-state index contributed by atoms with van der Waals surface area (Å²) in [6.07, 6.45) is 4.57. The molecule has 0 bridgehead atoms. The molecule has 0 fully saturated rings. The van der Waals surface area contributed by atoms with E-state index in [2.05, 4.69) is 13.0 Å². The van der Waals surface area contributed by atoms with Gasteiger partial charge in [-0.3, -0.25) is 0 Å². The van der Waals surface area contributed by atoms with Crippen molar-refractivity contribution >= 4 is 6.16 Å². The number of ether oxygens (including phenoxy) is 2. The molecule has 0 N–H and O–H groups in total. The molecule has 0 radical (unpaired) electrons. The number of para-hydroxylation sites is 1. The molecule has 19 heavy (non-hydrogen) atoms. The molecule has 0 amide bonds. The lowest BCUT2D eigenvalue weighted by Gasteiger charge is -2.22. The van der Waals surface area contributed by atoms with E-state index in [0.717, 1.165) is 25.2 Å². The Balaban J connectivity index is 1.85. The monoisotopic (exact) mass is 260 g/mol. The Hall–Kier alpha value is -1.77. The van der Waals surface area contributed by atoms with Crippen molar-refractivity contribution in [1.29, 1.82) is 0 Å². The van der Waals surface area contributed by atoms with Gasteiger partial charge in [-0.25, -0.2) is 4.79 Å². The molecular formula is C16H20O3. The normalized spacial score (nSPS) is 20.3. The van der Waals surface area contributed by atoms with E-state index < -0.39 is 6.16 Å². The summed E-state index contributed by atoms with van der Waals surface area (Å²) in [4.78, 5) is 11.7. The predicted octanol–water partition coefficient (Wildman–Crippen LogP) is 4.34. The van der Waals surface area contributed by atoms with Crippen molar-refractivity contribution in [3.63, 3.8) is 0 Å². The Labute approximate surface area is 114 Å². The summed E-state index contributed by atoms with van der Waals surface area (Å²) in [6.45, 7) is 4.14. The molecule has 2 atom stereocenters. The lowest BCUT2D eigenvalue weighted by Crippen LogP contribution is -2.21. The van der Waals surface area contributed by atoms with Crippen LogP contribution in [0.2, 0.25) is 0 Å². The van der Waals surface area contributed by atoms with Crippen molar-refractivity contribution in [1.82, 2.24) is 0 Å². The largest absolute Gasteiger partial charge is 0.514 e. The summed E-state index contributed by atoms with van der Waals surface area (Å²) >= 11 is 0. The smallest absolute Gasteiger partial charge is 0.426 e. The Kier molecular flexibility index (Phi) is 4.61. The highest BCUT2D eigenvalue weighted by Gasteiger charge is 2.19. The minimum atomic E-state index is -0.641. The Morgan fingerprint density at radius 1 is 1.32 bits per heavy atom. The first kappa shape index (κ1) is 13.7. The fourth-order valence-corrected chi connectivity index (χ4v) is 2.18. The van der Waals surface area contributed by atoms with E-state index >= 15 is 0 Å². The molecule has 3 heteroatoms. The number of carbonyl (C=O) groups excluding carboxylic acids is 1. The predicted molar refractivity (Wildman–Crippen MR) is 74.1 cm³/mol. The van der Waals surface area contributed by atoms with Crippen molar-refractivity contribution in [2.75, 3.05) is 0 Å². The van der Waals surface area contributed by atoms with Crippen LogP contribution >= 0.6 is 0 Å². The van der Waals surface area contributed by atoms with Crippen LogP contribution in [0, 0.1) is 5.92 Å². The number of allylic oxidation sites excluding steroid dienone is 1. The average Bonchev–Trinajstić information content (AvgIpc) is 2.40. The SMILES string of the molecule is CC1CC=C(C(C)OC(=O)Oc2ccccc2)CC1. The second-order valence-electron chi connectivity index (χ2n) is 5.08. The van der Waals surface area contributed by atoms with Crippen LogP contribution in [0.1, 0.15) is 33.1 Å². The first-order valence-electron chi connectivity index (χ1n) is 6.77. The highest BCUT2D eigenvalue weighted by atomic mass is 16.7. The molecule has 102 valence electrons. The van der Waals surface area contributed by atoms with Gasteiger partial charge < -0.3 is 9.47 Å². The van der Waals surface area contributed by atoms with E-state index in [1.54, 1.807) is 12.1 Å². The summed E-state index contributed by atoms with van der Waals surface area (Å²) in [5.74, 6) is 1.23. The molecule has 0 saturated carbocycles. The molecule has 1 aliphatic carbocycles. The van der Waals surface area contributed by atoms with E-state index in [9.17, 15) is 4.79 Å². The van der Waals surface area contributed by atoms with Gasteiger partial charge in [-0.2, -0.15) is 0 Å². The molecule has 1 aromatic carbocycles. The Bertz CT molecular complexity index is 450. The van der Waals surface area contributed by atoms with Gasteiger partial charge in [0.15, 0.2) is 0 Å². The van der Waals surface area contributed by atoms with Gasteiger partial charge in [0, 0.05) is 0 Å². The molecule has 0 aromatic heterocycles. The van der Waals surface area contributed by atoms with Gasteiger partial charge in [0.1, 0.15) is 11.9 Å². The van der Waals surface area contributed by atoms with Gasteiger partial charge in [0.05, 0.1) is 0 Å². The number of hydrogen-bond donors (Lipinski definition) is 0. The van der Waals surface area contributed by atoms with Gasteiger partial charge in [0.25, 0.3) is 0 Å². The van der Waals surface area contributed by atoms with Crippen LogP contribution in [0.3, 0.4) is 0 Å². The Morgan fingerprint density at radius 2 is 2.05 bits per heavy atom. The van der Waals surface area contributed by atoms with Crippen molar-refractivity contribution in [3.05, 3.63) is 42.0 Å². The van der Waals surface area contributed by atoms with Crippen molar-refractivity contribution in [3.8, 4) is 5.75 Å². The summed E-state index contributed by atoms with van der Waals surface area (Å²) < 4.78 is 10.4. The van der Waals surface area contributed by atoms with Crippen molar-refractivity contribution in [2.45, 2.75) is 39.2 Å². The van der Waals surface area contributed by atoms with Gasteiger partial charge in [-0.1, -0.05) is 31.2 Å². The highest BCUT2D eigenvalue weighted by Crippen LogP contribution is 2.26. The van der Waals surface area contributed by atoms with Crippen LogP contribution in [0.25, 0.3) is 0 Å². The fourth-order valence-electron chi connectivity index (χ4n) is 2.18. The molecule has 1 aromatic rings. The van der Waals surface area contributed by atoms with Gasteiger partial charge in [0.2, 0.25) is 0 Å². The molecule has 1 aliphatic rings. The van der Waals surface area contributed by atoms with Gasteiger partial charge in [-0.15, -0.1) is 0 Å². The van der Waals surface area contributed by atoms with E-state index in [4.69, 9.17) is 9.47 Å². The summed E-state index contributed by atoms with van der Waals surface area (Å²) in [7, 11) is 0. The van der Waals surface area contributed by atoms with E-state index in [0.29, 0.717) is 5.75 Å². The minimum Gasteiger partial charge on any atom is -0.426 e. The Morgan fingerprint density at radius 3 is 2.68 bits per heavy atom. The molecule has 3 nitrogen and oxygen atoms in total. The maximum atomic E-state index is 11.7. The maximum Gasteiger partial charge on any atom is 0.514 e. The van der Waals surface area contributed by atoms with Crippen LogP contribution in [0.4, 0.5) is 4.79 Å². The van der Waals surface area contributed by atoms with Gasteiger partial charge in [-0.05, 0) is 49.8 Å². The highest BCUT2D eigenvalue weighted by molar-refractivity contribution is 5.64. The molecule has 2 rings (SSSR count). The molecule has 0 saturated heterocycles. The number of carbonyl (C=O) groups is 1. The van der Waals surface area contributed by atoms with Crippen LogP contribution in [-0.2, 0) is 4.74 Å². The van der Waals surface area contributed by atoms with Gasteiger partial charge >= 0.3 is 6.16 Å². The maximum absolute atomic E-state index is 11.7. The first-order valence-corrected chi connectivity index (χ1v) is 6.77. The standard InChI is InChI=1S/C16H20O3/c1-12-8-10-14(11-9-12)13(2)18-16(17)19-15-6-4-3-5-7-15/h3-7,10,12-13H,8-9,11H2,1-2H3. The fraction of sp³-hybridized carbons (Fsp3) is 0.438. The lowest BCUT2D eigenvalue weighted by atomic mass is 9.89. The zero-order valence-electron chi connectivity index (χ0n) is 11.5. The molecule has 0 aliphatic heterocycles.